The minimum Gasteiger partial charge on any atom is -0.337 e. The third-order valence-corrected chi connectivity index (χ3v) is 3.94. The molecule has 0 fully saturated rings. The maximum absolute atomic E-state index is 12.4. The second kappa shape index (κ2) is 7.22. The Morgan fingerprint density at radius 1 is 1.09 bits per heavy atom. The molecule has 114 valence electrons. The van der Waals surface area contributed by atoms with Crippen molar-refractivity contribution < 1.29 is 9.59 Å². The van der Waals surface area contributed by atoms with Gasteiger partial charge in [0.05, 0.1) is 0 Å². The fourth-order valence-electron chi connectivity index (χ4n) is 2.07. The summed E-state index contributed by atoms with van der Waals surface area (Å²) in [5.41, 5.74) is 2.31. The van der Waals surface area contributed by atoms with Crippen LogP contribution in [0.1, 0.15) is 22.8 Å². The summed E-state index contributed by atoms with van der Waals surface area (Å²) in [6, 6.07) is 14.7. The number of benzene rings is 2. The van der Waals surface area contributed by atoms with E-state index in [1.54, 1.807) is 36.2 Å². The van der Waals surface area contributed by atoms with E-state index in [1.807, 2.05) is 24.3 Å². The Bertz CT molecular complexity index is 683. The third-order valence-electron chi connectivity index (χ3n) is 3.16. The van der Waals surface area contributed by atoms with E-state index in [0.29, 0.717) is 17.8 Å². The fourth-order valence-corrected chi connectivity index (χ4v) is 2.48. The van der Waals surface area contributed by atoms with Crippen LogP contribution in [0.15, 0.2) is 53.0 Å². The molecular formula is C17H17BrN2O2. The lowest BCUT2D eigenvalue weighted by Crippen LogP contribution is -2.26. The van der Waals surface area contributed by atoms with Gasteiger partial charge in [-0.2, -0.15) is 0 Å². The molecule has 5 heteroatoms. The van der Waals surface area contributed by atoms with E-state index in [1.165, 1.54) is 6.92 Å². The van der Waals surface area contributed by atoms with Gasteiger partial charge in [-0.3, -0.25) is 9.59 Å². The van der Waals surface area contributed by atoms with E-state index in [-0.39, 0.29) is 11.8 Å². The molecule has 0 bridgehead atoms. The molecule has 0 unspecified atom stereocenters. The van der Waals surface area contributed by atoms with Crippen molar-refractivity contribution in [2.24, 2.45) is 0 Å². The molecule has 2 aromatic carbocycles. The number of carbonyl (C=O) groups is 2. The largest absolute Gasteiger partial charge is 0.337 e. The van der Waals surface area contributed by atoms with Crippen LogP contribution >= 0.6 is 15.9 Å². The van der Waals surface area contributed by atoms with Gasteiger partial charge in [0, 0.05) is 36.2 Å². The molecular weight excluding hydrogens is 344 g/mol. The number of amides is 2. The number of anilines is 1. The fraction of sp³-hybridized carbons (Fsp3) is 0.176. The van der Waals surface area contributed by atoms with Crippen LogP contribution in [0, 0.1) is 0 Å². The van der Waals surface area contributed by atoms with Crippen LogP contribution in [-0.2, 0) is 11.3 Å². The molecule has 0 spiro atoms. The molecule has 2 rings (SSSR count). The number of hydrogen-bond acceptors (Lipinski definition) is 2. The summed E-state index contributed by atoms with van der Waals surface area (Å²) in [6.07, 6.45) is 0. The molecule has 0 radical (unpaired) electrons. The SMILES string of the molecule is CC(=O)Nc1ccc(C(=O)N(C)Cc2ccccc2Br)cc1. The van der Waals surface area contributed by atoms with Crippen LogP contribution in [0.3, 0.4) is 0 Å². The third kappa shape index (κ3) is 4.18. The molecule has 0 aromatic heterocycles. The van der Waals surface area contributed by atoms with Gasteiger partial charge in [0.25, 0.3) is 5.91 Å². The normalized spacial score (nSPS) is 10.1. The molecule has 0 heterocycles. The number of hydrogen-bond donors (Lipinski definition) is 1. The predicted molar refractivity (Wildman–Crippen MR) is 90.7 cm³/mol. The van der Waals surface area contributed by atoms with E-state index in [2.05, 4.69) is 21.2 Å². The number of nitrogens with one attached hydrogen (secondary N) is 1. The zero-order chi connectivity index (χ0) is 16.1. The first kappa shape index (κ1) is 16.2. The molecule has 0 aliphatic carbocycles. The lowest BCUT2D eigenvalue weighted by Gasteiger charge is -2.18. The summed E-state index contributed by atoms with van der Waals surface area (Å²) in [6.45, 7) is 1.97. The van der Waals surface area contributed by atoms with Gasteiger partial charge in [-0.15, -0.1) is 0 Å². The molecule has 4 nitrogen and oxygen atoms in total. The molecule has 2 amide bonds. The maximum Gasteiger partial charge on any atom is 0.253 e. The summed E-state index contributed by atoms with van der Waals surface area (Å²) in [5, 5.41) is 2.68. The van der Waals surface area contributed by atoms with Crippen molar-refractivity contribution in [3.8, 4) is 0 Å². The first-order valence-corrected chi connectivity index (χ1v) is 7.63. The highest BCUT2D eigenvalue weighted by Gasteiger charge is 2.13. The summed E-state index contributed by atoms with van der Waals surface area (Å²) in [4.78, 5) is 25.1. The summed E-state index contributed by atoms with van der Waals surface area (Å²) < 4.78 is 0.982. The van der Waals surface area contributed by atoms with E-state index < -0.39 is 0 Å². The Morgan fingerprint density at radius 3 is 2.32 bits per heavy atom. The van der Waals surface area contributed by atoms with Gasteiger partial charge in [-0.25, -0.2) is 0 Å². The smallest absolute Gasteiger partial charge is 0.253 e. The van der Waals surface area contributed by atoms with Crippen molar-refractivity contribution in [3.05, 3.63) is 64.1 Å². The number of carbonyl (C=O) groups excluding carboxylic acids is 2. The van der Waals surface area contributed by atoms with Crippen LogP contribution in [0.25, 0.3) is 0 Å². The highest BCUT2D eigenvalue weighted by Crippen LogP contribution is 2.18. The zero-order valence-corrected chi connectivity index (χ0v) is 14.1. The van der Waals surface area contributed by atoms with Gasteiger partial charge < -0.3 is 10.2 Å². The summed E-state index contributed by atoms with van der Waals surface area (Å²) in [5.74, 6) is -0.199. The molecule has 0 aliphatic heterocycles. The van der Waals surface area contributed by atoms with Crippen molar-refractivity contribution in [3.63, 3.8) is 0 Å². The molecule has 0 saturated carbocycles. The van der Waals surface area contributed by atoms with Gasteiger partial charge in [0.15, 0.2) is 0 Å². The van der Waals surface area contributed by atoms with E-state index >= 15 is 0 Å². The van der Waals surface area contributed by atoms with Crippen LogP contribution in [-0.4, -0.2) is 23.8 Å². The minimum absolute atomic E-state index is 0.0647. The van der Waals surface area contributed by atoms with Gasteiger partial charge in [-0.1, -0.05) is 34.1 Å². The van der Waals surface area contributed by atoms with E-state index in [9.17, 15) is 9.59 Å². The Hall–Kier alpha value is -2.14. The van der Waals surface area contributed by atoms with Crippen molar-refractivity contribution in [2.45, 2.75) is 13.5 Å². The average molecular weight is 361 g/mol. The lowest BCUT2D eigenvalue weighted by atomic mass is 10.1. The first-order valence-electron chi connectivity index (χ1n) is 6.84. The molecule has 0 saturated heterocycles. The van der Waals surface area contributed by atoms with Gasteiger partial charge >= 0.3 is 0 Å². The van der Waals surface area contributed by atoms with Crippen LogP contribution < -0.4 is 5.32 Å². The summed E-state index contributed by atoms with van der Waals surface area (Å²) >= 11 is 3.48. The monoisotopic (exact) mass is 360 g/mol. The lowest BCUT2D eigenvalue weighted by molar-refractivity contribution is -0.114. The van der Waals surface area contributed by atoms with Crippen LogP contribution in [0.4, 0.5) is 5.69 Å². The zero-order valence-electron chi connectivity index (χ0n) is 12.5. The second-order valence-electron chi connectivity index (χ2n) is 5.01. The van der Waals surface area contributed by atoms with Crippen molar-refractivity contribution >= 4 is 33.4 Å². The highest BCUT2D eigenvalue weighted by molar-refractivity contribution is 9.10. The predicted octanol–water partition coefficient (Wildman–Crippen LogP) is 3.68. The molecule has 0 aliphatic rings. The maximum atomic E-state index is 12.4. The number of halogens is 1. The van der Waals surface area contributed by atoms with E-state index in [0.717, 1.165) is 10.0 Å². The highest BCUT2D eigenvalue weighted by atomic mass is 79.9. The van der Waals surface area contributed by atoms with Crippen LogP contribution in [0.2, 0.25) is 0 Å². The Balaban J connectivity index is 2.07. The Morgan fingerprint density at radius 2 is 1.73 bits per heavy atom. The topological polar surface area (TPSA) is 49.4 Å². The molecule has 1 N–H and O–H groups in total. The molecule has 0 atom stereocenters. The standard InChI is InChI=1S/C17H17BrN2O2/c1-12(21)19-15-9-7-13(8-10-15)17(22)20(2)11-14-5-3-4-6-16(14)18/h3-10H,11H2,1-2H3,(H,19,21). The summed E-state index contributed by atoms with van der Waals surface area (Å²) in [7, 11) is 1.77. The van der Waals surface area contributed by atoms with E-state index in [4.69, 9.17) is 0 Å². The van der Waals surface area contributed by atoms with Crippen molar-refractivity contribution in [1.29, 1.82) is 0 Å². The second-order valence-corrected chi connectivity index (χ2v) is 5.87. The minimum atomic E-state index is -0.134. The quantitative estimate of drug-likeness (QED) is 0.903. The number of nitrogens with zero attached hydrogens (tertiary/aromatic N) is 1. The van der Waals surface area contributed by atoms with Gasteiger partial charge in [0.2, 0.25) is 5.91 Å². The Labute approximate surface area is 138 Å². The number of rotatable bonds is 4. The van der Waals surface area contributed by atoms with Crippen molar-refractivity contribution in [1.82, 2.24) is 4.90 Å². The first-order chi connectivity index (χ1) is 10.5. The molecule has 2 aromatic rings. The van der Waals surface area contributed by atoms with Gasteiger partial charge in [-0.05, 0) is 35.9 Å². The Kier molecular flexibility index (Phi) is 5.33. The van der Waals surface area contributed by atoms with Gasteiger partial charge in [0.1, 0.15) is 0 Å². The average Bonchev–Trinajstić information content (AvgIpc) is 2.49. The van der Waals surface area contributed by atoms with Crippen LogP contribution in [0.5, 0.6) is 0 Å². The molecule has 22 heavy (non-hydrogen) atoms. The van der Waals surface area contributed by atoms with Crippen molar-refractivity contribution in [2.75, 3.05) is 12.4 Å².